The first-order chi connectivity index (χ1) is 7.24. The van der Waals surface area contributed by atoms with E-state index in [-0.39, 0.29) is 11.5 Å². The van der Waals surface area contributed by atoms with Crippen LogP contribution in [0.15, 0.2) is 48.5 Å². The zero-order valence-electron chi connectivity index (χ0n) is 8.01. The fraction of sp³-hybridized carbons (Fsp3) is 0. The molecule has 0 saturated carbocycles. The predicted octanol–water partition coefficient (Wildman–Crippen LogP) is 2.84. The molecule has 3 heteroatoms. The molecule has 0 aliphatic heterocycles. The highest BCUT2D eigenvalue weighted by Crippen LogP contribution is 2.22. The topological polar surface area (TPSA) is 52.5 Å². The lowest BCUT2D eigenvalue weighted by Crippen LogP contribution is -1.88. The monoisotopic (exact) mass is 201 g/mol. The van der Waals surface area contributed by atoms with Gasteiger partial charge in [-0.2, -0.15) is 0 Å². The number of hydrogen-bond acceptors (Lipinski definition) is 3. The summed E-state index contributed by atoms with van der Waals surface area (Å²) in [6, 6.07) is 13.6. The smallest absolute Gasteiger partial charge is 0.117 e. The molecule has 0 radical (unpaired) electrons. The first-order valence-corrected chi connectivity index (χ1v) is 4.59. The summed E-state index contributed by atoms with van der Waals surface area (Å²) in [6.07, 6.45) is 0. The van der Waals surface area contributed by atoms with E-state index in [1.54, 1.807) is 36.4 Å². The zero-order valence-corrected chi connectivity index (χ0v) is 8.01. The van der Waals surface area contributed by atoms with Crippen LogP contribution in [0, 0.1) is 0 Å². The molecule has 76 valence electrons. The van der Waals surface area contributed by atoms with Gasteiger partial charge in [-0.3, -0.25) is 0 Å². The van der Waals surface area contributed by atoms with Crippen molar-refractivity contribution < 1.29 is 10.2 Å². The van der Waals surface area contributed by atoms with Gasteiger partial charge in [0.15, 0.2) is 0 Å². The van der Waals surface area contributed by atoms with E-state index in [2.05, 4.69) is 5.32 Å². The average Bonchev–Trinajstić information content (AvgIpc) is 2.17. The Kier molecular flexibility index (Phi) is 2.46. The Hall–Kier alpha value is -2.16. The van der Waals surface area contributed by atoms with E-state index in [1.807, 2.05) is 12.1 Å². The highest BCUT2D eigenvalue weighted by molar-refractivity contribution is 5.62. The van der Waals surface area contributed by atoms with Gasteiger partial charge in [-0.15, -0.1) is 0 Å². The second kappa shape index (κ2) is 3.92. The molecule has 3 nitrogen and oxygen atoms in total. The molecule has 0 heterocycles. The molecule has 2 aromatic rings. The van der Waals surface area contributed by atoms with Crippen LogP contribution in [0.3, 0.4) is 0 Å². The van der Waals surface area contributed by atoms with E-state index < -0.39 is 0 Å². The fourth-order valence-corrected chi connectivity index (χ4v) is 1.33. The number of nitrogens with one attached hydrogen (secondary N) is 1. The molecule has 0 aliphatic rings. The van der Waals surface area contributed by atoms with Gasteiger partial charge in [-0.05, 0) is 24.3 Å². The Morgan fingerprint density at radius 1 is 0.733 bits per heavy atom. The molecule has 0 aromatic heterocycles. The van der Waals surface area contributed by atoms with Gasteiger partial charge in [0.05, 0.1) is 0 Å². The van der Waals surface area contributed by atoms with Gasteiger partial charge in [0.2, 0.25) is 0 Å². The lowest BCUT2D eigenvalue weighted by molar-refractivity contribution is 0.475. The minimum absolute atomic E-state index is 0.208. The molecule has 0 amide bonds. The van der Waals surface area contributed by atoms with E-state index in [0.717, 1.165) is 11.4 Å². The minimum Gasteiger partial charge on any atom is -0.508 e. The maximum Gasteiger partial charge on any atom is 0.117 e. The highest BCUT2D eigenvalue weighted by atomic mass is 16.3. The number of anilines is 2. The quantitative estimate of drug-likeness (QED) is 0.700. The molecule has 0 unspecified atom stereocenters. The summed E-state index contributed by atoms with van der Waals surface area (Å²) >= 11 is 0. The van der Waals surface area contributed by atoms with Crippen molar-refractivity contribution in [3.05, 3.63) is 48.5 Å². The first-order valence-electron chi connectivity index (χ1n) is 4.59. The molecule has 0 spiro atoms. The number of hydrogen-bond donors (Lipinski definition) is 3. The molecule has 3 N–H and O–H groups in total. The Morgan fingerprint density at radius 2 is 1.20 bits per heavy atom. The summed E-state index contributed by atoms with van der Waals surface area (Å²) in [5.74, 6) is 0.417. The molecular formula is C12H11NO2. The van der Waals surface area contributed by atoms with Crippen molar-refractivity contribution in [1.82, 2.24) is 0 Å². The van der Waals surface area contributed by atoms with E-state index in [1.165, 1.54) is 0 Å². The van der Waals surface area contributed by atoms with E-state index in [0.29, 0.717) is 0 Å². The number of aromatic hydroxyl groups is 2. The third kappa shape index (κ3) is 2.40. The second-order valence-electron chi connectivity index (χ2n) is 3.23. The molecule has 0 aliphatic carbocycles. The van der Waals surface area contributed by atoms with Crippen molar-refractivity contribution in [2.45, 2.75) is 0 Å². The second-order valence-corrected chi connectivity index (χ2v) is 3.23. The van der Waals surface area contributed by atoms with Crippen LogP contribution in [-0.2, 0) is 0 Å². The maximum absolute atomic E-state index is 9.26. The van der Waals surface area contributed by atoms with Gasteiger partial charge in [0.25, 0.3) is 0 Å². The van der Waals surface area contributed by atoms with E-state index in [9.17, 15) is 10.2 Å². The third-order valence-corrected chi connectivity index (χ3v) is 1.98. The van der Waals surface area contributed by atoms with Gasteiger partial charge in [-0.25, -0.2) is 0 Å². The summed E-state index contributed by atoms with van der Waals surface area (Å²) in [4.78, 5) is 0. The van der Waals surface area contributed by atoms with Crippen LogP contribution in [-0.4, -0.2) is 10.2 Å². The van der Waals surface area contributed by atoms with Gasteiger partial charge in [-0.1, -0.05) is 12.1 Å². The zero-order chi connectivity index (χ0) is 10.7. The normalized spacial score (nSPS) is 9.87. The summed E-state index contributed by atoms with van der Waals surface area (Å²) in [6.45, 7) is 0. The first kappa shape index (κ1) is 9.40. The lowest BCUT2D eigenvalue weighted by atomic mass is 10.2. The highest BCUT2D eigenvalue weighted by Gasteiger charge is 1.96. The van der Waals surface area contributed by atoms with Crippen molar-refractivity contribution in [1.29, 1.82) is 0 Å². The maximum atomic E-state index is 9.26. The van der Waals surface area contributed by atoms with E-state index in [4.69, 9.17) is 0 Å². The Morgan fingerprint density at radius 3 is 1.60 bits per heavy atom. The molecule has 0 atom stereocenters. The third-order valence-electron chi connectivity index (χ3n) is 1.98. The Bertz CT molecular complexity index is 425. The van der Waals surface area contributed by atoms with Crippen molar-refractivity contribution in [2.75, 3.05) is 5.32 Å². The number of phenols is 2. The summed E-state index contributed by atoms with van der Waals surface area (Å²) in [7, 11) is 0. The molecule has 2 rings (SSSR count). The fourth-order valence-electron chi connectivity index (χ4n) is 1.33. The standard InChI is InChI=1S/C12H11NO2/c14-11-5-1-3-9(7-11)13-10-4-2-6-12(15)8-10/h1-8,13-15H. The van der Waals surface area contributed by atoms with Gasteiger partial charge in [0.1, 0.15) is 11.5 Å². The van der Waals surface area contributed by atoms with Crippen LogP contribution < -0.4 is 5.32 Å². The van der Waals surface area contributed by atoms with Gasteiger partial charge < -0.3 is 15.5 Å². The molecule has 15 heavy (non-hydrogen) atoms. The van der Waals surface area contributed by atoms with Gasteiger partial charge >= 0.3 is 0 Å². The van der Waals surface area contributed by atoms with Crippen LogP contribution >= 0.6 is 0 Å². The molecule has 2 aromatic carbocycles. The summed E-state index contributed by atoms with van der Waals surface area (Å²) in [5, 5.41) is 21.6. The largest absolute Gasteiger partial charge is 0.508 e. The summed E-state index contributed by atoms with van der Waals surface area (Å²) < 4.78 is 0. The van der Waals surface area contributed by atoms with Crippen molar-refractivity contribution >= 4 is 11.4 Å². The van der Waals surface area contributed by atoms with Crippen molar-refractivity contribution in [2.24, 2.45) is 0 Å². The number of phenolic OH excluding ortho intramolecular Hbond substituents is 2. The predicted molar refractivity (Wildman–Crippen MR) is 59.5 cm³/mol. The molecular weight excluding hydrogens is 190 g/mol. The van der Waals surface area contributed by atoms with Gasteiger partial charge in [0, 0.05) is 23.5 Å². The molecule has 0 saturated heterocycles. The van der Waals surface area contributed by atoms with Crippen molar-refractivity contribution in [3.63, 3.8) is 0 Å². The average molecular weight is 201 g/mol. The molecule has 0 fully saturated rings. The van der Waals surface area contributed by atoms with Crippen LogP contribution in [0.5, 0.6) is 11.5 Å². The van der Waals surface area contributed by atoms with Crippen LogP contribution in [0.1, 0.15) is 0 Å². The number of benzene rings is 2. The van der Waals surface area contributed by atoms with Crippen molar-refractivity contribution in [3.8, 4) is 11.5 Å². The lowest BCUT2D eigenvalue weighted by Gasteiger charge is -2.06. The van der Waals surface area contributed by atoms with Crippen LogP contribution in [0.25, 0.3) is 0 Å². The SMILES string of the molecule is Oc1cccc(Nc2cccc(O)c2)c1. The Labute approximate surface area is 87.6 Å². The van der Waals surface area contributed by atoms with E-state index >= 15 is 0 Å². The molecule has 0 bridgehead atoms. The van der Waals surface area contributed by atoms with Crippen LogP contribution in [0.2, 0.25) is 0 Å². The minimum atomic E-state index is 0.208. The van der Waals surface area contributed by atoms with Crippen LogP contribution in [0.4, 0.5) is 11.4 Å². The summed E-state index contributed by atoms with van der Waals surface area (Å²) in [5.41, 5.74) is 1.56. The Balaban J connectivity index is 2.22. The number of rotatable bonds is 2.